The fourth-order valence-electron chi connectivity index (χ4n) is 1.33. The second kappa shape index (κ2) is 5.72. The topological polar surface area (TPSA) is 38.0 Å². The first-order chi connectivity index (χ1) is 7.95. The van der Waals surface area contributed by atoms with Crippen LogP contribution in [0, 0.1) is 0 Å². The Labute approximate surface area is 98.3 Å². The summed E-state index contributed by atoms with van der Waals surface area (Å²) in [5.74, 6) is 0. The van der Waals surface area contributed by atoms with Gasteiger partial charge in [0.25, 0.3) is 0 Å². The van der Waals surface area contributed by atoms with Crippen molar-refractivity contribution in [2.75, 3.05) is 19.3 Å². The maximum atomic E-state index is 12.5. The Morgan fingerprint density at radius 3 is 2.65 bits per heavy atom. The maximum Gasteiger partial charge on any atom is 0.416 e. The minimum absolute atomic E-state index is 0.346. The fraction of sp³-hybridized carbons (Fsp3) is 0.333. The molecule has 2 nitrogen and oxygen atoms in total. The smallest absolute Gasteiger partial charge is 0.398 e. The number of benzene rings is 1. The maximum absolute atomic E-state index is 12.5. The number of anilines is 1. The first-order valence-corrected chi connectivity index (χ1v) is 5.23. The minimum atomic E-state index is -4.33. The molecule has 0 amide bonds. The molecule has 0 bridgehead atoms. The van der Waals surface area contributed by atoms with Crippen molar-refractivity contribution >= 4 is 11.8 Å². The Bertz CT molecular complexity index is 397. The van der Waals surface area contributed by atoms with E-state index in [1.807, 2.05) is 7.05 Å². The third kappa shape index (κ3) is 4.11. The van der Waals surface area contributed by atoms with Gasteiger partial charge in [0.1, 0.15) is 0 Å². The number of nitrogens with two attached hydrogens (primary N) is 1. The van der Waals surface area contributed by atoms with Gasteiger partial charge < -0.3 is 11.1 Å². The molecule has 5 heteroatoms. The third-order valence-corrected chi connectivity index (χ3v) is 2.27. The molecule has 1 rings (SSSR count). The van der Waals surface area contributed by atoms with Crippen molar-refractivity contribution in [3.8, 4) is 0 Å². The highest BCUT2D eigenvalue weighted by molar-refractivity contribution is 5.65. The van der Waals surface area contributed by atoms with Gasteiger partial charge >= 0.3 is 6.18 Å². The van der Waals surface area contributed by atoms with Crippen LogP contribution in [0.3, 0.4) is 0 Å². The van der Waals surface area contributed by atoms with Gasteiger partial charge in [-0.25, -0.2) is 0 Å². The van der Waals surface area contributed by atoms with Gasteiger partial charge in [-0.2, -0.15) is 13.2 Å². The van der Waals surface area contributed by atoms with Gasteiger partial charge in [-0.05, 0) is 43.8 Å². The summed E-state index contributed by atoms with van der Waals surface area (Å²) in [6, 6.07) is 3.33. The SMILES string of the molecule is CNCCC=Cc1cc(C(F)(F)F)ccc1N. The molecule has 0 aromatic heterocycles. The lowest BCUT2D eigenvalue weighted by Gasteiger charge is -2.08. The minimum Gasteiger partial charge on any atom is -0.398 e. The van der Waals surface area contributed by atoms with Crippen LogP contribution in [-0.4, -0.2) is 13.6 Å². The highest BCUT2D eigenvalue weighted by atomic mass is 19.4. The van der Waals surface area contributed by atoms with Crippen LogP contribution in [0.2, 0.25) is 0 Å². The highest BCUT2D eigenvalue weighted by Gasteiger charge is 2.30. The van der Waals surface area contributed by atoms with Gasteiger partial charge in [-0.15, -0.1) is 0 Å². The van der Waals surface area contributed by atoms with Crippen molar-refractivity contribution in [2.24, 2.45) is 0 Å². The van der Waals surface area contributed by atoms with Crippen molar-refractivity contribution in [1.82, 2.24) is 5.32 Å². The van der Waals surface area contributed by atoms with Crippen molar-refractivity contribution in [3.63, 3.8) is 0 Å². The van der Waals surface area contributed by atoms with Crippen molar-refractivity contribution < 1.29 is 13.2 Å². The number of alkyl halides is 3. The first kappa shape index (κ1) is 13.6. The van der Waals surface area contributed by atoms with Crippen LogP contribution in [0.1, 0.15) is 17.5 Å². The number of nitrogens with one attached hydrogen (secondary N) is 1. The summed E-state index contributed by atoms with van der Waals surface area (Å²) < 4.78 is 37.4. The standard InChI is InChI=1S/C12H15F3N2/c1-17-7-3-2-4-9-8-10(12(13,14)15)5-6-11(9)16/h2,4-6,8,17H,3,7,16H2,1H3. The Balaban J connectivity index is 2.87. The van der Waals surface area contributed by atoms with E-state index < -0.39 is 11.7 Å². The molecule has 0 fully saturated rings. The predicted octanol–water partition coefficient (Wildman–Crippen LogP) is 2.91. The summed E-state index contributed by atoms with van der Waals surface area (Å²) in [6.45, 7) is 0.773. The zero-order valence-corrected chi connectivity index (χ0v) is 9.51. The Hall–Kier alpha value is -1.49. The average molecular weight is 244 g/mol. The van der Waals surface area contributed by atoms with Gasteiger partial charge in [0.15, 0.2) is 0 Å². The predicted molar refractivity (Wildman–Crippen MR) is 63.4 cm³/mol. The zero-order chi connectivity index (χ0) is 12.9. The summed E-state index contributed by atoms with van der Waals surface area (Å²) in [7, 11) is 1.81. The fourth-order valence-corrected chi connectivity index (χ4v) is 1.33. The monoisotopic (exact) mass is 244 g/mol. The lowest BCUT2D eigenvalue weighted by molar-refractivity contribution is -0.137. The van der Waals surface area contributed by atoms with Crippen molar-refractivity contribution in [1.29, 1.82) is 0 Å². The molecular formula is C12H15F3N2. The molecule has 17 heavy (non-hydrogen) atoms. The molecule has 0 radical (unpaired) electrons. The summed E-state index contributed by atoms with van der Waals surface area (Å²) >= 11 is 0. The van der Waals surface area contributed by atoms with Gasteiger partial charge in [0, 0.05) is 5.69 Å². The normalized spacial score (nSPS) is 12.2. The molecule has 1 aromatic carbocycles. The van der Waals surface area contributed by atoms with Crippen LogP contribution in [0.4, 0.5) is 18.9 Å². The second-order valence-corrected chi connectivity index (χ2v) is 3.64. The van der Waals surface area contributed by atoms with Crippen LogP contribution in [0.5, 0.6) is 0 Å². The van der Waals surface area contributed by atoms with Crippen LogP contribution in [-0.2, 0) is 6.18 Å². The molecule has 0 atom stereocenters. The van der Waals surface area contributed by atoms with Crippen LogP contribution >= 0.6 is 0 Å². The van der Waals surface area contributed by atoms with E-state index in [4.69, 9.17) is 5.73 Å². The van der Waals surface area contributed by atoms with E-state index in [9.17, 15) is 13.2 Å². The molecular weight excluding hydrogens is 229 g/mol. The van der Waals surface area contributed by atoms with E-state index in [1.165, 1.54) is 6.07 Å². The molecule has 0 spiro atoms. The molecule has 0 unspecified atom stereocenters. The number of halogens is 3. The Morgan fingerprint density at radius 1 is 1.35 bits per heavy atom. The Kier molecular flexibility index (Phi) is 4.57. The first-order valence-electron chi connectivity index (χ1n) is 5.23. The van der Waals surface area contributed by atoms with Crippen LogP contribution in [0.25, 0.3) is 6.08 Å². The van der Waals surface area contributed by atoms with Crippen LogP contribution in [0.15, 0.2) is 24.3 Å². The molecule has 0 heterocycles. The van der Waals surface area contributed by atoms with E-state index in [2.05, 4.69) is 5.32 Å². The van der Waals surface area contributed by atoms with Gasteiger partial charge in [0.2, 0.25) is 0 Å². The molecule has 1 aromatic rings. The largest absolute Gasteiger partial charge is 0.416 e. The van der Waals surface area contributed by atoms with Crippen molar-refractivity contribution in [2.45, 2.75) is 12.6 Å². The molecule has 0 aliphatic heterocycles. The molecule has 0 aliphatic rings. The quantitative estimate of drug-likeness (QED) is 0.631. The van der Waals surface area contributed by atoms with E-state index in [-0.39, 0.29) is 0 Å². The number of hydrogen-bond donors (Lipinski definition) is 2. The highest BCUT2D eigenvalue weighted by Crippen LogP contribution is 2.31. The third-order valence-electron chi connectivity index (χ3n) is 2.27. The van der Waals surface area contributed by atoms with E-state index in [0.29, 0.717) is 11.3 Å². The molecule has 0 saturated carbocycles. The lowest BCUT2D eigenvalue weighted by atomic mass is 10.1. The van der Waals surface area contributed by atoms with Crippen LogP contribution < -0.4 is 11.1 Å². The number of hydrogen-bond acceptors (Lipinski definition) is 2. The van der Waals surface area contributed by atoms with Gasteiger partial charge in [-0.1, -0.05) is 12.2 Å². The molecule has 94 valence electrons. The second-order valence-electron chi connectivity index (χ2n) is 3.64. The van der Waals surface area contributed by atoms with Crippen molar-refractivity contribution in [3.05, 3.63) is 35.4 Å². The summed E-state index contributed by atoms with van der Waals surface area (Å²) in [4.78, 5) is 0. The number of nitrogen functional groups attached to an aromatic ring is 1. The summed E-state index contributed by atoms with van der Waals surface area (Å²) in [5, 5.41) is 2.94. The number of rotatable bonds is 4. The molecule has 0 aliphatic carbocycles. The van der Waals surface area contributed by atoms with Gasteiger partial charge in [-0.3, -0.25) is 0 Å². The van der Waals surface area contributed by atoms with E-state index >= 15 is 0 Å². The summed E-state index contributed by atoms with van der Waals surface area (Å²) in [6.07, 6.45) is -0.183. The average Bonchev–Trinajstić information content (AvgIpc) is 2.25. The molecule has 3 N–H and O–H groups in total. The summed E-state index contributed by atoms with van der Waals surface area (Å²) in [5.41, 5.74) is 5.68. The lowest BCUT2D eigenvalue weighted by Crippen LogP contribution is -2.06. The zero-order valence-electron chi connectivity index (χ0n) is 9.51. The Morgan fingerprint density at radius 2 is 2.06 bits per heavy atom. The molecule has 0 saturated heterocycles. The van der Waals surface area contributed by atoms with E-state index in [1.54, 1.807) is 12.2 Å². The van der Waals surface area contributed by atoms with Gasteiger partial charge in [0.05, 0.1) is 5.56 Å². The van der Waals surface area contributed by atoms with E-state index in [0.717, 1.165) is 25.1 Å².